The van der Waals surface area contributed by atoms with Crippen molar-refractivity contribution in [3.05, 3.63) is 94.0 Å². The molecule has 0 aliphatic carbocycles. The Kier molecular flexibility index (Phi) is 4.97. The predicted molar refractivity (Wildman–Crippen MR) is 120 cm³/mol. The van der Waals surface area contributed by atoms with E-state index in [1.54, 1.807) is 17.2 Å². The Morgan fingerprint density at radius 3 is 2.19 bits per heavy atom. The van der Waals surface area contributed by atoms with Crippen LogP contribution in [0.1, 0.15) is 17.2 Å². The van der Waals surface area contributed by atoms with Crippen molar-refractivity contribution in [2.24, 2.45) is 5.92 Å². The molecule has 0 N–H and O–H groups in total. The number of carbonyl (C=O) groups is 2. The van der Waals surface area contributed by atoms with Crippen LogP contribution in [0.4, 0.5) is 11.4 Å². The van der Waals surface area contributed by atoms with Crippen LogP contribution in [0.2, 0.25) is 10.0 Å². The smallest absolute Gasteiger partial charge is 0.266 e. The molecule has 2 aliphatic heterocycles. The number of anilines is 2. The van der Waals surface area contributed by atoms with E-state index in [1.807, 2.05) is 61.5 Å². The molecule has 2 aliphatic rings. The minimum absolute atomic E-state index is 0.277. The second-order valence-electron chi connectivity index (χ2n) is 7.68. The molecule has 2 saturated heterocycles. The van der Waals surface area contributed by atoms with E-state index in [2.05, 4.69) is 0 Å². The van der Waals surface area contributed by atoms with Crippen LogP contribution in [0.3, 0.4) is 0 Å². The number of hydroxylamine groups is 1. The van der Waals surface area contributed by atoms with Crippen molar-refractivity contribution in [2.75, 3.05) is 9.96 Å². The molecule has 0 saturated carbocycles. The van der Waals surface area contributed by atoms with E-state index in [0.717, 1.165) is 21.7 Å². The molecule has 3 atom stereocenters. The van der Waals surface area contributed by atoms with Gasteiger partial charge in [-0.25, -0.2) is 9.96 Å². The molecule has 3 aromatic carbocycles. The van der Waals surface area contributed by atoms with E-state index >= 15 is 0 Å². The summed E-state index contributed by atoms with van der Waals surface area (Å²) in [6.07, 6.45) is -0.923. The number of hydrogen-bond donors (Lipinski definition) is 0. The van der Waals surface area contributed by atoms with Crippen LogP contribution in [0.15, 0.2) is 72.8 Å². The van der Waals surface area contributed by atoms with Gasteiger partial charge in [-0.15, -0.1) is 0 Å². The molecule has 5 rings (SSSR count). The number of nitrogens with zero attached hydrogens (tertiary/aromatic N) is 2. The van der Waals surface area contributed by atoms with Crippen LogP contribution < -0.4 is 9.96 Å². The third kappa shape index (κ3) is 3.30. The molecule has 5 nitrogen and oxygen atoms in total. The van der Waals surface area contributed by atoms with Gasteiger partial charge in [-0.2, -0.15) is 0 Å². The van der Waals surface area contributed by atoms with Crippen LogP contribution in [-0.4, -0.2) is 17.9 Å². The van der Waals surface area contributed by atoms with Gasteiger partial charge in [0, 0.05) is 0 Å². The van der Waals surface area contributed by atoms with E-state index in [0.29, 0.717) is 10.7 Å². The first-order valence-electron chi connectivity index (χ1n) is 9.86. The fourth-order valence-corrected chi connectivity index (χ4v) is 4.49. The van der Waals surface area contributed by atoms with Gasteiger partial charge in [0.15, 0.2) is 6.10 Å². The molecular weight excluding hydrogens is 435 g/mol. The lowest BCUT2D eigenvalue weighted by Crippen LogP contribution is -2.37. The maximum absolute atomic E-state index is 13.5. The Balaban J connectivity index is 1.58. The third-order valence-electron chi connectivity index (χ3n) is 5.71. The first-order chi connectivity index (χ1) is 15.0. The molecule has 0 aromatic heterocycles. The van der Waals surface area contributed by atoms with E-state index < -0.39 is 24.0 Å². The first-order valence-corrected chi connectivity index (χ1v) is 10.6. The summed E-state index contributed by atoms with van der Waals surface area (Å²) in [6, 6.07) is 21.7. The molecule has 2 heterocycles. The van der Waals surface area contributed by atoms with E-state index in [1.165, 1.54) is 6.07 Å². The molecule has 0 spiro atoms. The Labute approximate surface area is 189 Å². The summed E-state index contributed by atoms with van der Waals surface area (Å²) < 4.78 is 0. The van der Waals surface area contributed by atoms with Crippen molar-refractivity contribution in [1.82, 2.24) is 0 Å². The average Bonchev–Trinajstić information content (AvgIpc) is 3.28. The molecule has 0 radical (unpaired) electrons. The number of halogens is 2. The third-order valence-corrected chi connectivity index (χ3v) is 6.45. The number of amides is 2. The summed E-state index contributed by atoms with van der Waals surface area (Å²) in [4.78, 5) is 34.1. The maximum atomic E-state index is 13.5. The van der Waals surface area contributed by atoms with Gasteiger partial charge in [-0.3, -0.25) is 14.4 Å². The highest BCUT2D eigenvalue weighted by molar-refractivity contribution is 6.42. The van der Waals surface area contributed by atoms with E-state index in [4.69, 9.17) is 28.0 Å². The van der Waals surface area contributed by atoms with Gasteiger partial charge in [-0.05, 0) is 42.8 Å². The fraction of sp³-hybridized carbons (Fsp3) is 0.167. The topological polar surface area (TPSA) is 49.9 Å². The van der Waals surface area contributed by atoms with Gasteiger partial charge < -0.3 is 0 Å². The summed E-state index contributed by atoms with van der Waals surface area (Å²) in [5, 5.41) is 2.31. The largest absolute Gasteiger partial charge is 0.273 e. The van der Waals surface area contributed by atoms with Crippen molar-refractivity contribution in [1.29, 1.82) is 0 Å². The molecule has 7 heteroatoms. The average molecular weight is 453 g/mol. The predicted octanol–water partition coefficient (Wildman–Crippen LogP) is 5.35. The van der Waals surface area contributed by atoms with E-state index in [9.17, 15) is 9.59 Å². The highest BCUT2D eigenvalue weighted by Gasteiger charge is 2.60. The second-order valence-corrected chi connectivity index (χ2v) is 8.49. The summed E-state index contributed by atoms with van der Waals surface area (Å²) >= 11 is 12.1. The quantitative estimate of drug-likeness (QED) is 0.502. The number of carbonyl (C=O) groups excluding carboxylic acids is 2. The number of imide groups is 1. The Morgan fingerprint density at radius 1 is 0.806 bits per heavy atom. The maximum Gasteiger partial charge on any atom is 0.266 e. The second kappa shape index (κ2) is 7.68. The number of para-hydroxylation sites is 1. The molecule has 0 bridgehead atoms. The van der Waals surface area contributed by atoms with Gasteiger partial charge in [-0.1, -0.05) is 71.2 Å². The van der Waals surface area contributed by atoms with Gasteiger partial charge in [0.1, 0.15) is 5.92 Å². The van der Waals surface area contributed by atoms with Crippen molar-refractivity contribution in [2.45, 2.75) is 19.1 Å². The molecule has 3 aromatic rings. The number of hydrogen-bond acceptors (Lipinski definition) is 4. The lowest BCUT2D eigenvalue weighted by Gasteiger charge is -2.28. The van der Waals surface area contributed by atoms with Gasteiger partial charge >= 0.3 is 0 Å². The zero-order valence-corrected chi connectivity index (χ0v) is 18.0. The van der Waals surface area contributed by atoms with Gasteiger partial charge in [0.25, 0.3) is 5.91 Å². The lowest BCUT2D eigenvalue weighted by molar-refractivity contribution is -0.126. The Morgan fingerprint density at radius 2 is 1.52 bits per heavy atom. The highest BCUT2D eigenvalue weighted by atomic mass is 35.5. The molecule has 2 fully saturated rings. The normalized spacial score (nSPS) is 22.9. The molecule has 156 valence electrons. The summed E-state index contributed by atoms with van der Waals surface area (Å²) in [5.41, 5.74) is 3.18. The first kappa shape index (κ1) is 20.1. The van der Waals surface area contributed by atoms with Crippen LogP contribution >= 0.6 is 23.2 Å². The number of benzene rings is 3. The van der Waals surface area contributed by atoms with Crippen LogP contribution in [0, 0.1) is 12.8 Å². The van der Waals surface area contributed by atoms with Crippen LogP contribution in [0.25, 0.3) is 0 Å². The summed E-state index contributed by atoms with van der Waals surface area (Å²) in [7, 11) is 0. The van der Waals surface area contributed by atoms with Crippen molar-refractivity contribution >= 4 is 46.4 Å². The summed E-state index contributed by atoms with van der Waals surface area (Å²) in [5.74, 6) is -1.42. The van der Waals surface area contributed by atoms with Crippen LogP contribution in [0.5, 0.6) is 0 Å². The van der Waals surface area contributed by atoms with Crippen LogP contribution in [-0.2, 0) is 14.4 Å². The molecule has 2 amide bonds. The summed E-state index contributed by atoms with van der Waals surface area (Å²) in [6.45, 7) is 2.00. The zero-order valence-electron chi connectivity index (χ0n) is 16.5. The minimum atomic E-state index is -0.923. The van der Waals surface area contributed by atoms with Crippen molar-refractivity contribution < 1.29 is 14.4 Å². The standard InChI is InChI=1S/C24H18Cl2N2O3/c1-14-7-9-15(10-8-14)21-20-22(31-28(21)16-5-3-2-4-6-16)24(30)27(23(20)29)17-11-12-18(25)19(26)13-17/h2-13,20-22H,1H3/t20-,21+,22+/m1/s1. The Hall–Kier alpha value is -2.86. The van der Waals surface area contributed by atoms with Gasteiger partial charge in [0.05, 0.1) is 27.5 Å². The van der Waals surface area contributed by atoms with Gasteiger partial charge in [0.2, 0.25) is 5.91 Å². The zero-order chi connectivity index (χ0) is 21.7. The lowest BCUT2D eigenvalue weighted by atomic mass is 9.90. The monoisotopic (exact) mass is 452 g/mol. The molecule has 31 heavy (non-hydrogen) atoms. The molecular formula is C24H18Cl2N2O3. The van der Waals surface area contributed by atoms with Crippen molar-refractivity contribution in [3.8, 4) is 0 Å². The molecule has 0 unspecified atom stereocenters. The highest BCUT2D eigenvalue weighted by Crippen LogP contribution is 2.47. The fourth-order valence-electron chi connectivity index (χ4n) is 4.19. The number of rotatable bonds is 3. The minimum Gasteiger partial charge on any atom is -0.273 e. The Bertz CT molecular complexity index is 1170. The SMILES string of the molecule is Cc1ccc([C@H]2[C@H]3C(=O)N(c4ccc(Cl)c(Cl)c4)C(=O)[C@H]3ON2c2ccccc2)cc1. The number of aryl methyl sites for hydroxylation is 1. The number of fused-ring (bicyclic) bond motifs is 1. The van der Waals surface area contributed by atoms with Crippen molar-refractivity contribution in [3.63, 3.8) is 0 Å². The van der Waals surface area contributed by atoms with E-state index in [-0.39, 0.29) is 10.9 Å².